The van der Waals surface area contributed by atoms with Crippen LogP contribution in [0.25, 0.3) is 100 Å². The first-order valence-corrected chi connectivity index (χ1v) is 19.9. The predicted octanol–water partition coefficient (Wildman–Crippen LogP) is 14.7. The molecule has 1 aliphatic rings. The normalized spacial score (nSPS) is 12.8. The summed E-state index contributed by atoms with van der Waals surface area (Å²) in [6, 6.07) is 68.9. The minimum atomic E-state index is -0.101. The summed E-state index contributed by atoms with van der Waals surface area (Å²) in [4.78, 5) is 10.5. The van der Waals surface area contributed by atoms with Crippen LogP contribution in [0.5, 0.6) is 0 Å². The lowest BCUT2D eigenvalue weighted by atomic mass is 9.79. The van der Waals surface area contributed by atoms with Crippen molar-refractivity contribution in [3.8, 4) is 78.4 Å². The summed E-state index contributed by atoms with van der Waals surface area (Å²) in [6.07, 6.45) is 0. The van der Waals surface area contributed by atoms with Crippen LogP contribution in [0.2, 0.25) is 0 Å². The van der Waals surface area contributed by atoms with E-state index in [0.29, 0.717) is 5.82 Å². The molecule has 2 heterocycles. The summed E-state index contributed by atoms with van der Waals surface area (Å²) >= 11 is 0. The van der Waals surface area contributed by atoms with Gasteiger partial charge in [-0.05, 0) is 80.4 Å². The van der Waals surface area contributed by atoms with E-state index in [9.17, 15) is 0 Å². The van der Waals surface area contributed by atoms with Gasteiger partial charge in [0.05, 0.1) is 11.4 Å². The zero-order valence-corrected chi connectivity index (χ0v) is 32.3. The summed E-state index contributed by atoms with van der Waals surface area (Å²) in [5.41, 5.74) is 18.6. The van der Waals surface area contributed by atoms with Gasteiger partial charge in [-0.25, -0.2) is 9.97 Å². The first-order valence-electron chi connectivity index (χ1n) is 19.9. The van der Waals surface area contributed by atoms with Gasteiger partial charge in [-0.1, -0.05) is 178 Å². The Balaban J connectivity index is 1.07. The van der Waals surface area contributed by atoms with Crippen LogP contribution in [-0.2, 0) is 5.41 Å². The van der Waals surface area contributed by atoms with E-state index in [1.54, 1.807) is 0 Å². The predicted molar refractivity (Wildman–Crippen MR) is 239 cm³/mol. The lowest BCUT2D eigenvalue weighted by Gasteiger charge is -2.24. The number of aromatic nitrogens is 2. The Bertz CT molecular complexity index is 3180. The highest BCUT2D eigenvalue weighted by atomic mass is 16.3. The maximum atomic E-state index is 6.55. The third kappa shape index (κ3) is 5.58. The fourth-order valence-corrected chi connectivity index (χ4v) is 9.07. The smallest absolute Gasteiger partial charge is 0.160 e. The molecule has 0 amide bonds. The molecule has 0 saturated carbocycles. The highest BCUT2D eigenvalue weighted by Crippen LogP contribution is 2.52. The minimum Gasteiger partial charge on any atom is -0.455 e. The molecule has 0 N–H and O–H groups in total. The van der Waals surface area contributed by atoms with Crippen molar-refractivity contribution < 1.29 is 4.42 Å². The lowest BCUT2D eigenvalue weighted by Crippen LogP contribution is -2.16. The molecule has 2 aromatic heterocycles. The van der Waals surface area contributed by atoms with E-state index in [2.05, 4.69) is 178 Å². The Morgan fingerprint density at radius 2 is 0.948 bits per heavy atom. The second-order valence-electron chi connectivity index (χ2n) is 15.7. The van der Waals surface area contributed by atoms with E-state index in [0.717, 1.165) is 72.3 Å². The molecule has 0 radical (unpaired) electrons. The van der Waals surface area contributed by atoms with E-state index >= 15 is 0 Å². The summed E-state index contributed by atoms with van der Waals surface area (Å²) in [6.45, 7) is 4.69. The molecule has 274 valence electrons. The Labute approximate surface area is 338 Å². The van der Waals surface area contributed by atoms with E-state index in [-0.39, 0.29) is 5.41 Å². The molecular formula is C55H38N2O. The zero-order valence-electron chi connectivity index (χ0n) is 32.3. The Kier molecular flexibility index (Phi) is 7.84. The Morgan fingerprint density at radius 1 is 0.379 bits per heavy atom. The molecule has 11 rings (SSSR count). The molecule has 10 aromatic rings. The van der Waals surface area contributed by atoms with Crippen molar-refractivity contribution in [3.63, 3.8) is 0 Å². The summed E-state index contributed by atoms with van der Waals surface area (Å²) in [7, 11) is 0. The van der Waals surface area contributed by atoms with Crippen molar-refractivity contribution in [2.24, 2.45) is 0 Å². The lowest BCUT2D eigenvalue weighted by molar-refractivity contribution is 0.662. The third-order valence-corrected chi connectivity index (χ3v) is 11.9. The van der Waals surface area contributed by atoms with E-state index in [1.165, 1.54) is 33.4 Å². The van der Waals surface area contributed by atoms with Crippen molar-refractivity contribution in [3.05, 3.63) is 205 Å². The van der Waals surface area contributed by atoms with Crippen molar-refractivity contribution >= 4 is 21.9 Å². The van der Waals surface area contributed by atoms with Gasteiger partial charge in [-0.3, -0.25) is 0 Å². The van der Waals surface area contributed by atoms with Crippen LogP contribution in [0.3, 0.4) is 0 Å². The molecule has 0 aliphatic heterocycles. The molecule has 0 atom stereocenters. The fourth-order valence-electron chi connectivity index (χ4n) is 9.07. The summed E-state index contributed by atoms with van der Waals surface area (Å²) in [5, 5.41) is 2.22. The van der Waals surface area contributed by atoms with Gasteiger partial charge in [0.25, 0.3) is 0 Å². The van der Waals surface area contributed by atoms with Crippen molar-refractivity contribution in [1.82, 2.24) is 9.97 Å². The van der Waals surface area contributed by atoms with Crippen LogP contribution in [-0.4, -0.2) is 9.97 Å². The molecule has 3 nitrogen and oxygen atoms in total. The molecule has 58 heavy (non-hydrogen) atoms. The highest BCUT2D eigenvalue weighted by molar-refractivity contribution is 6.10. The topological polar surface area (TPSA) is 38.9 Å². The highest BCUT2D eigenvalue weighted by Gasteiger charge is 2.37. The van der Waals surface area contributed by atoms with Crippen LogP contribution in [0.15, 0.2) is 199 Å². The molecular weight excluding hydrogens is 705 g/mol. The standard InChI is InChI=1S/C55H38N2O/c1-55(2)48-25-11-9-19-44(48)46-23-13-21-42(52(46)55)36-27-29-37(30-28-36)49-34-50(57-54(56-49)38-17-7-4-8-18-38)41-32-39(35-15-5-3-6-16-35)31-40(33-41)43-22-14-24-47-45-20-10-12-26-51(45)58-53(43)47/h3-34H,1-2H3. The summed E-state index contributed by atoms with van der Waals surface area (Å²) in [5.74, 6) is 0.684. The average Bonchev–Trinajstić information content (AvgIpc) is 3.79. The Hall–Kier alpha value is -7.36. The number of hydrogen-bond donors (Lipinski definition) is 0. The number of nitrogens with zero attached hydrogens (tertiary/aromatic N) is 2. The number of fused-ring (bicyclic) bond motifs is 6. The molecule has 0 unspecified atom stereocenters. The first kappa shape index (κ1) is 33.9. The van der Waals surface area contributed by atoms with Crippen molar-refractivity contribution in [2.75, 3.05) is 0 Å². The zero-order chi connectivity index (χ0) is 38.8. The largest absolute Gasteiger partial charge is 0.455 e. The van der Waals surface area contributed by atoms with Crippen LogP contribution in [0, 0.1) is 0 Å². The van der Waals surface area contributed by atoms with Gasteiger partial charge in [-0.2, -0.15) is 0 Å². The number of para-hydroxylation sites is 2. The molecule has 8 aromatic carbocycles. The quantitative estimate of drug-likeness (QED) is 0.170. The van der Waals surface area contributed by atoms with Crippen LogP contribution in [0.4, 0.5) is 0 Å². The van der Waals surface area contributed by atoms with Crippen molar-refractivity contribution in [1.29, 1.82) is 0 Å². The second-order valence-corrected chi connectivity index (χ2v) is 15.7. The number of hydrogen-bond acceptors (Lipinski definition) is 3. The second kappa shape index (κ2) is 13.4. The number of furan rings is 1. The van der Waals surface area contributed by atoms with Crippen molar-refractivity contribution in [2.45, 2.75) is 19.3 Å². The molecule has 1 aliphatic carbocycles. The maximum Gasteiger partial charge on any atom is 0.160 e. The van der Waals surface area contributed by atoms with E-state index in [4.69, 9.17) is 14.4 Å². The molecule has 0 spiro atoms. The monoisotopic (exact) mass is 742 g/mol. The SMILES string of the molecule is CC1(C)c2ccccc2-c2cccc(-c3ccc(-c4cc(-c5cc(-c6ccccc6)cc(-c6cccc7c6oc6ccccc67)c5)nc(-c5ccccc5)n4)cc3)c21. The Morgan fingerprint density at radius 3 is 1.76 bits per heavy atom. The van der Waals surface area contributed by atoms with Gasteiger partial charge in [0, 0.05) is 38.4 Å². The van der Waals surface area contributed by atoms with Gasteiger partial charge in [-0.15, -0.1) is 0 Å². The molecule has 0 bridgehead atoms. The number of benzene rings is 8. The summed E-state index contributed by atoms with van der Waals surface area (Å²) < 4.78 is 6.55. The van der Waals surface area contributed by atoms with Gasteiger partial charge in [0.2, 0.25) is 0 Å². The third-order valence-electron chi connectivity index (χ3n) is 11.9. The van der Waals surface area contributed by atoms with Gasteiger partial charge in [0.1, 0.15) is 11.2 Å². The number of rotatable bonds is 6. The minimum absolute atomic E-state index is 0.101. The molecule has 0 fully saturated rings. The van der Waals surface area contributed by atoms with Gasteiger partial charge < -0.3 is 4.42 Å². The maximum absolute atomic E-state index is 6.55. The first-order chi connectivity index (χ1) is 28.5. The van der Waals surface area contributed by atoms with Gasteiger partial charge in [0.15, 0.2) is 5.82 Å². The van der Waals surface area contributed by atoms with E-state index in [1.807, 2.05) is 30.3 Å². The fraction of sp³-hybridized carbons (Fsp3) is 0.0545. The molecule has 0 saturated heterocycles. The van der Waals surface area contributed by atoms with E-state index < -0.39 is 0 Å². The average molecular weight is 743 g/mol. The van der Waals surface area contributed by atoms with Crippen LogP contribution >= 0.6 is 0 Å². The van der Waals surface area contributed by atoms with Crippen LogP contribution < -0.4 is 0 Å². The van der Waals surface area contributed by atoms with Gasteiger partial charge >= 0.3 is 0 Å². The molecule has 3 heteroatoms. The van der Waals surface area contributed by atoms with Crippen LogP contribution in [0.1, 0.15) is 25.0 Å².